The van der Waals surface area contributed by atoms with E-state index in [1.54, 1.807) is 4.72 Å². The summed E-state index contributed by atoms with van der Waals surface area (Å²) < 4.78 is 52.5. The number of rotatable bonds is 6. The van der Waals surface area contributed by atoms with Crippen molar-refractivity contribution in [1.29, 1.82) is 0 Å². The van der Waals surface area contributed by atoms with E-state index in [1.807, 2.05) is 24.3 Å². The number of amides is 1. The number of halogens is 2. The highest BCUT2D eigenvalue weighted by atomic mass is 32.2. The SMILES string of the molecule is CC(C(=O)NCc1ccc(C(C)(C)C)cc1)c1cc(F)c(NS(C)(=O)=O)c(F)c1. The zero-order chi connectivity index (χ0) is 22.0. The average Bonchev–Trinajstić information content (AvgIpc) is 2.60. The lowest BCUT2D eigenvalue weighted by Crippen LogP contribution is -2.27. The first kappa shape index (κ1) is 22.8. The Labute approximate surface area is 170 Å². The molecule has 0 spiro atoms. The summed E-state index contributed by atoms with van der Waals surface area (Å²) in [6.07, 6.45) is 0.796. The molecule has 0 aliphatic carbocycles. The van der Waals surface area contributed by atoms with E-state index < -0.39 is 39.2 Å². The molecule has 0 bridgehead atoms. The van der Waals surface area contributed by atoms with Crippen molar-refractivity contribution in [1.82, 2.24) is 5.32 Å². The monoisotopic (exact) mass is 424 g/mol. The van der Waals surface area contributed by atoms with Crippen LogP contribution in [0.25, 0.3) is 0 Å². The molecular formula is C21H26F2N2O3S. The highest BCUT2D eigenvalue weighted by molar-refractivity contribution is 7.92. The quantitative estimate of drug-likeness (QED) is 0.735. The Morgan fingerprint density at radius 2 is 1.59 bits per heavy atom. The van der Waals surface area contributed by atoms with Crippen molar-refractivity contribution in [2.45, 2.75) is 45.6 Å². The van der Waals surface area contributed by atoms with Gasteiger partial charge in [0.25, 0.3) is 0 Å². The molecule has 1 amide bonds. The predicted molar refractivity (Wildman–Crippen MR) is 110 cm³/mol. The molecule has 29 heavy (non-hydrogen) atoms. The van der Waals surface area contributed by atoms with Crippen LogP contribution in [0.3, 0.4) is 0 Å². The van der Waals surface area contributed by atoms with Gasteiger partial charge < -0.3 is 5.32 Å². The van der Waals surface area contributed by atoms with Crippen molar-refractivity contribution in [2.75, 3.05) is 11.0 Å². The molecule has 8 heteroatoms. The summed E-state index contributed by atoms with van der Waals surface area (Å²) in [5.74, 6) is -3.38. The van der Waals surface area contributed by atoms with Crippen LogP contribution in [0.1, 0.15) is 50.3 Å². The largest absolute Gasteiger partial charge is 0.352 e. The van der Waals surface area contributed by atoms with Gasteiger partial charge >= 0.3 is 0 Å². The Morgan fingerprint density at radius 1 is 1.07 bits per heavy atom. The molecule has 1 unspecified atom stereocenters. The summed E-state index contributed by atoms with van der Waals surface area (Å²) in [4.78, 5) is 12.4. The molecule has 5 nitrogen and oxygen atoms in total. The Bertz CT molecular complexity index is 975. The lowest BCUT2D eigenvalue weighted by Gasteiger charge is -2.19. The molecule has 1 atom stereocenters. The Hall–Kier alpha value is -2.48. The van der Waals surface area contributed by atoms with E-state index in [-0.39, 0.29) is 17.5 Å². The second kappa shape index (κ2) is 8.49. The van der Waals surface area contributed by atoms with Crippen LogP contribution in [0.5, 0.6) is 0 Å². The number of nitrogens with one attached hydrogen (secondary N) is 2. The van der Waals surface area contributed by atoms with Crippen molar-refractivity contribution >= 4 is 21.6 Å². The highest BCUT2D eigenvalue weighted by Crippen LogP contribution is 2.26. The molecular weight excluding hydrogens is 398 g/mol. The smallest absolute Gasteiger partial charge is 0.230 e. The van der Waals surface area contributed by atoms with Gasteiger partial charge in [-0.15, -0.1) is 0 Å². The lowest BCUT2D eigenvalue weighted by molar-refractivity contribution is -0.122. The van der Waals surface area contributed by atoms with Gasteiger partial charge in [-0.05, 0) is 41.2 Å². The van der Waals surface area contributed by atoms with Crippen molar-refractivity contribution in [2.24, 2.45) is 0 Å². The van der Waals surface area contributed by atoms with Crippen LogP contribution in [0.2, 0.25) is 0 Å². The van der Waals surface area contributed by atoms with Gasteiger partial charge in [-0.2, -0.15) is 0 Å². The van der Waals surface area contributed by atoms with E-state index in [9.17, 15) is 22.0 Å². The number of carbonyl (C=O) groups excluding carboxylic acids is 1. The second-order valence-corrected chi connectivity index (χ2v) is 9.87. The molecule has 2 aromatic carbocycles. The number of hydrogen-bond acceptors (Lipinski definition) is 3. The van der Waals surface area contributed by atoms with Crippen molar-refractivity contribution in [3.63, 3.8) is 0 Å². The molecule has 0 saturated heterocycles. The van der Waals surface area contributed by atoms with Gasteiger partial charge in [0, 0.05) is 6.54 Å². The molecule has 0 fully saturated rings. The summed E-state index contributed by atoms with van der Waals surface area (Å²) in [7, 11) is -3.83. The van der Waals surface area contributed by atoms with Crippen LogP contribution >= 0.6 is 0 Å². The van der Waals surface area contributed by atoms with Crippen molar-refractivity contribution in [3.05, 3.63) is 64.7 Å². The number of sulfonamides is 1. The molecule has 0 saturated carbocycles. The first-order valence-electron chi connectivity index (χ1n) is 9.12. The van der Waals surface area contributed by atoms with E-state index in [0.717, 1.165) is 24.0 Å². The zero-order valence-corrected chi connectivity index (χ0v) is 18.0. The average molecular weight is 425 g/mol. The van der Waals surface area contributed by atoms with Crippen LogP contribution in [0.15, 0.2) is 36.4 Å². The normalized spacial score (nSPS) is 13.1. The molecule has 2 N–H and O–H groups in total. The van der Waals surface area contributed by atoms with Crippen molar-refractivity contribution in [3.8, 4) is 0 Å². The fourth-order valence-electron chi connectivity index (χ4n) is 2.74. The highest BCUT2D eigenvalue weighted by Gasteiger charge is 2.21. The minimum atomic E-state index is -3.83. The number of benzene rings is 2. The van der Waals surface area contributed by atoms with Gasteiger partial charge in [0.2, 0.25) is 15.9 Å². The van der Waals surface area contributed by atoms with E-state index in [0.29, 0.717) is 0 Å². The van der Waals surface area contributed by atoms with Gasteiger partial charge in [-0.1, -0.05) is 45.0 Å². The summed E-state index contributed by atoms with van der Waals surface area (Å²) in [6.45, 7) is 8.14. The van der Waals surface area contributed by atoms with Gasteiger partial charge in [0.05, 0.1) is 12.2 Å². The Balaban J connectivity index is 2.08. The third kappa shape index (κ3) is 6.25. The molecule has 0 aliphatic rings. The Morgan fingerprint density at radius 3 is 2.03 bits per heavy atom. The molecule has 158 valence electrons. The molecule has 0 aliphatic heterocycles. The lowest BCUT2D eigenvalue weighted by atomic mass is 9.87. The number of anilines is 1. The van der Waals surface area contributed by atoms with Crippen LogP contribution < -0.4 is 10.0 Å². The Kier molecular flexibility index (Phi) is 6.67. The third-order valence-electron chi connectivity index (χ3n) is 4.53. The van der Waals surface area contributed by atoms with Gasteiger partial charge in [0.1, 0.15) is 5.69 Å². The molecule has 2 rings (SSSR count). The molecule has 0 aromatic heterocycles. The van der Waals surface area contributed by atoms with Gasteiger partial charge in [-0.3, -0.25) is 9.52 Å². The van der Waals surface area contributed by atoms with Gasteiger partial charge in [-0.25, -0.2) is 17.2 Å². The maximum Gasteiger partial charge on any atom is 0.230 e. The summed E-state index contributed by atoms with van der Waals surface area (Å²) >= 11 is 0. The van der Waals surface area contributed by atoms with Crippen LogP contribution in [0.4, 0.5) is 14.5 Å². The van der Waals surface area contributed by atoms with Crippen LogP contribution in [0, 0.1) is 11.6 Å². The topological polar surface area (TPSA) is 75.3 Å². The predicted octanol–water partition coefficient (Wildman–Crippen LogP) is 4.05. The molecule has 0 radical (unpaired) electrons. The van der Waals surface area contributed by atoms with E-state index in [4.69, 9.17) is 0 Å². The minimum Gasteiger partial charge on any atom is -0.352 e. The van der Waals surface area contributed by atoms with Gasteiger partial charge in [0.15, 0.2) is 11.6 Å². The fraction of sp³-hybridized carbons (Fsp3) is 0.381. The maximum atomic E-state index is 14.2. The first-order chi connectivity index (χ1) is 13.3. The van der Waals surface area contributed by atoms with E-state index in [2.05, 4.69) is 26.1 Å². The second-order valence-electron chi connectivity index (χ2n) is 8.12. The van der Waals surface area contributed by atoms with E-state index in [1.165, 1.54) is 12.5 Å². The maximum absolute atomic E-state index is 14.2. The number of carbonyl (C=O) groups is 1. The standard InChI is InChI=1S/C21H26F2N2O3S/c1-13(15-10-17(22)19(18(23)11-15)25-29(5,27)28)20(26)24-12-14-6-8-16(9-7-14)21(2,3)4/h6-11,13,25H,12H2,1-5H3,(H,24,26). The zero-order valence-electron chi connectivity index (χ0n) is 17.1. The van der Waals surface area contributed by atoms with Crippen LogP contribution in [-0.2, 0) is 26.8 Å². The fourth-order valence-corrected chi connectivity index (χ4v) is 3.31. The summed E-state index contributed by atoms with van der Waals surface area (Å²) in [6, 6.07) is 9.78. The molecule has 0 heterocycles. The van der Waals surface area contributed by atoms with Crippen LogP contribution in [-0.4, -0.2) is 20.6 Å². The van der Waals surface area contributed by atoms with Crippen molar-refractivity contribution < 1.29 is 22.0 Å². The summed E-state index contributed by atoms with van der Waals surface area (Å²) in [5.41, 5.74) is 1.46. The third-order valence-corrected chi connectivity index (χ3v) is 5.11. The van der Waals surface area contributed by atoms with E-state index >= 15 is 0 Å². The first-order valence-corrected chi connectivity index (χ1v) is 11.0. The number of hydrogen-bond donors (Lipinski definition) is 2. The minimum absolute atomic E-state index is 0.0303. The molecule has 2 aromatic rings. The summed E-state index contributed by atoms with van der Waals surface area (Å²) in [5, 5.41) is 2.75.